The summed E-state index contributed by atoms with van der Waals surface area (Å²) in [6.45, 7) is 11.2. The van der Waals surface area contributed by atoms with Crippen LogP contribution in [0.2, 0.25) is 0 Å². The second-order valence-electron chi connectivity index (χ2n) is 6.67. The predicted molar refractivity (Wildman–Crippen MR) is 103 cm³/mol. The molecule has 1 nitrogen and oxygen atoms in total. The quantitative estimate of drug-likeness (QED) is 0.525. The monoisotopic (exact) mass is 328 g/mol. The van der Waals surface area contributed by atoms with Gasteiger partial charge in [-0.25, -0.2) is 0 Å². The summed E-state index contributed by atoms with van der Waals surface area (Å²) in [5.41, 5.74) is 4.58. The highest BCUT2D eigenvalue weighted by molar-refractivity contribution is 7.37. The van der Waals surface area contributed by atoms with Crippen LogP contribution in [0.1, 0.15) is 55.6 Å². The number of hydrogen-bond donors (Lipinski definition) is 0. The summed E-state index contributed by atoms with van der Waals surface area (Å²) in [5.74, 6) is 1.73. The third kappa shape index (κ3) is 5.08. The van der Waals surface area contributed by atoms with Gasteiger partial charge in [-0.15, -0.1) is 8.58 Å². The van der Waals surface area contributed by atoms with Gasteiger partial charge in [-0.2, -0.15) is 0 Å². The molecule has 2 rings (SSSR count). The zero-order valence-corrected chi connectivity index (χ0v) is 16.0. The Labute approximate surface area is 143 Å². The van der Waals surface area contributed by atoms with E-state index < -0.39 is 0 Å². The average Bonchev–Trinajstić information content (AvgIpc) is 2.55. The molecule has 0 saturated heterocycles. The predicted octanol–water partition coefficient (Wildman–Crippen LogP) is 6.53. The van der Waals surface area contributed by atoms with E-state index >= 15 is 0 Å². The van der Waals surface area contributed by atoms with Crippen molar-refractivity contribution in [3.8, 4) is 5.75 Å². The van der Waals surface area contributed by atoms with Crippen LogP contribution in [-0.4, -0.2) is 6.66 Å². The minimum atomic E-state index is 0.0697. The minimum absolute atomic E-state index is 0.0697. The van der Waals surface area contributed by atoms with E-state index in [9.17, 15) is 0 Å². The second-order valence-corrected chi connectivity index (χ2v) is 7.94. The van der Waals surface area contributed by atoms with Crippen molar-refractivity contribution in [2.75, 3.05) is 6.66 Å². The van der Waals surface area contributed by atoms with Crippen LogP contribution in [0.25, 0.3) is 0 Å². The molecule has 0 amide bonds. The fourth-order valence-corrected chi connectivity index (χ4v) is 4.12. The second kappa shape index (κ2) is 8.50. The lowest BCUT2D eigenvalue weighted by molar-refractivity contribution is 0.225. The Morgan fingerprint density at radius 1 is 0.957 bits per heavy atom. The Kier molecular flexibility index (Phi) is 6.66. The maximum absolute atomic E-state index is 6.18. The standard InChI is InChI=1S/C21H29OP/c1-15(2)13-21(23-5)19-11-12-20(16(3)14-19)22-17(4)18-9-7-6-8-10-18/h6-12,14-15,17,21,23H,13H2,1-5H3. The van der Waals surface area contributed by atoms with Gasteiger partial charge in [0.15, 0.2) is 0 Å². The first-order valence-electron chi connectivity index (χ1n) is 8.50. The third-order valence-corrected chi connectivity index (χ3v) is 5.50. The lowest BCUT2D eigenvalue weighted by Gasteiger charge is -2.21. The Hall–Kier alpha value is -1.33. The van der Waals surface area contributed by atoms with Gasteiger partial charge in [0, 0.05) is 5.66 Å². The normalized spacial score (nSPS) is 14.3. The molecule has 2 heteroatoms. The van der Waals surface area contributed by atoms with Gasteiger partial charge in [0.05, 0.1) is 0 Å². The van der Waals surface area contributed by atoms with Crippen molar-refractivity contribution in [1.82, 2.24) is 0 Å². The number of benzene rings is 2. The lowest BCUT2D eigenvalue weighted by atomic mass is 10.0. The molecule has 0 fully saturated rings. The summed E-state index contributed by atoms with van der Waals surface area (Å²) < 4.78 is 6.18. The van der Waals surface area contributed by atoms with E-state index in [1.54, 1.807) is 0 Å². The molecule has 0 heterocycles. The van der Waals surface area contributed by atoms with Crippen molar-refractivity contribution in [2.24, 2.45) is 5.92 Å². The lowest BCUT2D eigenvalue weighted by Crippen LogP contribution is -2.05. The molecule has 0 N–H and O–H groups in total. The van der Waals surface area contributed by atoms with E-state index in [0.29, 0.717) is 5.66 Å². The van der Waals surface area contributed by atoms with Crippen molar-refractivity contribution in [3.63, 3.8) is 0 Å². The zero-order chi connectivity index (χ0) is 16.8. The summed E-state index contributed by atoms with van der Waals surface area (Å²) in [7, 11) is 0.945. The Balaban J connectivity index is 2.13. The first kappa shape index (κ1) is 18.0. The average molecular weight is 328 g/mol. The highest BCUT2D eigenvalue weighted by Crippen LogP contribution is 2.39. The van der Waals surface area contributed by atoms with Gasteiger partial charge in [0.2, 0.25) is 0 Å². The fraction of sp³-hybridized carbons (Fsp3) is 0.429. The molecular formula is C21H29OP. The molecule has 0 aromatic heterocycles. The molecule has 0 saturated carbocycles. The van der Waals surface area contributed by atoms with Gasteiger partial charge in [-0.3, -0.25) is 0 Å². The highest BCUT2D eigenvalue weighted by Gasteiger charge is 2.14. The van der Waals surface area contributed by atoms with Gasteiger partial charge in [0.25, 0.3) is 0 Å². The molecule has 0 radical (unpaired) electrons. The molecule has 0 aliphatic heterocycles. The molecule has 0 aliphatic rings. The summed E-state index contributed by atoms with van der Waals surface area (Å²) in [6, 6.07) is 17.1. The number of ether oxygens (including phenoxy) is 1. The largest absolute Gasteiger partial charge is 0.486 e. The van der Waals surface area contributed by atoms with Crippen molar-refractivity contribution in [2.45, 2.75) is 45.9 Å². The summed E-state index contributed by atoms with van der Waals surface area (Å²) in [5, 5.41) is 0. The first-order valence-corrected chi connectivity index (χ1v) is 10.1. The van der Waals surface area contributed by atoms with Crippen LogP contribution < -0.4 is 4.74 Å². The van der Waals surface area contributed by atoms with Crippen molar-refractivity contribution < 1.29 is 4.74 Å². The molecule has 23 heavy (non-hydrogen) atoms. The Morgan fingerprint density at radius 2 is 1.65 bits per heavy atom. The van der Waals surface area contributed by atoms with Gasteiger partial charge < -0.3 is 4.74 Å². The number of rotatable bonds is 7. The van der Waals surface area contributed by atoms with E-state index in [0.717, 1.165) is 20.2 Å². The summed E-state index contributed by atoms with van der Waals surface area (Å²) in [4.78, 5) is 0. The van der Waals surface area contributed by atoms with Crippen LogP contribution in [0, 0.1) is 12.8 Å². The summed E-state index contributed by atoms with van der Waals surface area (Å²) >= 11 is 0. The van der Waals surface area contributed by atoms with Crippen molar-refractivity contribution in [1.29, 1.82) is 0 Å². The topological polar surface area (TPSA) is 9.23 Å². The number of aryl methyl sites for hydroxylation is 1. The molecule has 3 unspecified atom stereocenters. The fourth-order valence-electron chi connectivity index (χ4n) is 2.90. The minimum Gasteiger partial charge on any atom is -0.486 e. The van der Waals surface area contributed by atoms with Crippen molar-refractivity contribution >= 4 is 8.58 Å². The molecular weight excluding hydrogens is 299 g/mol. The van der Waals surface area contributed by atoms with Crippen LogP contribution in [0.5, 0.6) is 5.75 Å². The Morgan fingerprint density at radius 3 is 2.22 bits per heavy atom. The maximum Gasteiger partial charge on any atom is 0.123 e. The van der Waals surface area contributed by atoms with E-state index in [2.05, 4.69) is 76.8 Å². The maximum atomic E-state index is 6.18. The van der Waals surface area contributed by atoms with Crippen molar-refractivity contribution in [3.05, 3.63) is 65.2 Å². The van der Waals surface area contributed by atoms with Gasteiger partial charge >= 0.3 is 0 Å². The van der Waals surface area contributed by atoms with E-state index in [4.69, 9.17) is 4.74 Å². The molecule has 2 aromatic rings. The third-order valence-electron chi connectivity index (χ3n) is 4.23. The molecule has 3 atom stereocenters. The molecule has 0 spiro atoms. The van der Waals surface area contributed by atoms with Crippen LogP contribution in [0.3, 0.4) is 0 Å². The van der Waals surface area contributed by atoms with Crippen LogP contribution in [0.15, 0.2) is 48.5 Å². The molecule has 2 aromatic carbocycles. The molecule has 0 aliphatic carbocycles. The summed E-state index contributed by atoms with van der Waals surface area (Å²) in [6.07, 6.45) is 1.33. The van der Waals surface area contributed by atoms with Crippen LogP contribution >= 0.6 is 8.58 Å². The molecule has 0 bridgehead atoms. The smallest absolute Gasteiger partial charge is 0.123 e. The van der Waals surface area contributed by atoms with Gasteiger partial charge in [0.1, 0.15) is 11.9 Å². The van der Waals surface area contributed by atoms with Gasteiger partial charge in [-0.1, -0.05) is 56.3 Å². The van der Waals surface area contributed by atoms with Gasteiger partial charge in [-0.05, 0) is 55.6 Å². The van der Waals surface area contributed by atoms with E-state index in [1.165, 1.54) is 23.1 Å². The number of hydrogen-bond acceptors (Lipinski definition) is 1. The Bertz CT molecular complexity index is 606. The first-order chi connectivity index (χ1) is 11.0. The highest BCUT2D eigenvalue weighted by atomic mass is 31.1. The SMILES string of the molecule is CPC(CC(C)C)c1ccc(OC(C)c2ccccc2)c(C)c1. The zero-order valence-electron chi connectivity index (χ0n) is 15.0. The van der Waals surface area contributed by atoms with Crippen LogP contribution in [-0.2, 0) is 0 Å². The van der Waals surface area contributed by atoms with E-state index in [1.807, 2.05) is 6.07 Å². The molecule has 124 valence electrons. The van der Waals surface area contributed by atoms with E-state index in [-0.39, 0.29) is 6.10 Å². The van der Waals surface area contributed by atoms with Crippen LogP contribution in [0.4, 0.5) is 0 Å².